The molecule has 5 nitrogen and oxygen atoms in total. The van der Waals surface area contributed by atoms with E-state index in [0.29, 0.717) is 28.5 Å². The summed E-state index contributed by atoms with van der Waals surface area (Å²) in [7, 11) is 0. The Kier molecular flexibility index (Phi) is 4.67. The van der Waals surface area contributed by atoms with Gasteiger partial charge in [-0.25, -0.2) is 0 Å². The van der Waals surface area contributed by atoms with Crippen LogP contribution in [0.4, 0.5) is 17.1 Å². The van der Waals surface area contributed by atoms with Gasteiger partial charge in [0, 0.05) is 0 Å². The maximum Gasteiger partial charge on any atom is 0.237 e. The molecule has 0 radical (unpaired) electrons. The lowest BCUT2D eigenvalue weighted by Gasteiger charge is -2.26. The lowest BCUT2D eigenvalue weighted by atomic mass is 9.86. The number of anilines is 1. The Morgan fingerprint density at radius 3 is 2.62 bits per heavy atom. The van der Waals surface area contributed by atoms with Crippen LogP contribution in [0.5, 0.6) is 0 Å². The standard InChI is InChI=1S/C12H12Cl2N4OS2/c1-3-12(2,10(15)20)11(19)16-7-5(13)4-6(14)8-9(7)18-21-17-8/h4H,3H2,1-2H3,(H2,15,20)(H,16,19). The summed E-state index contributed by atoms with van der Waals surface area (Å²) in [6.45, 7) is 3.52. The Morgan fingerprint density at radius 1 is 1.43 bits per heavy atom. The number of amides is 1. The summed E-state index contributed by atoms with van der Waals surface area (Å²) < 4.78 is 8.21. The van der Waals surface area contributed by atoms with Crippen molar-refractivity contribution in [1.29, 1.82) is 0 Å². The Hall–Kier alpha value is -1.02. The van der Waals surface area contributed by atoms with Gasteiger partial charge in [0.25, 0.3) is 0 Å². The zero-order valence-electron chi connectivity index (χ0n) is 11.2. The van der Waals surface area contributed by atoms with E-state index in [1.807, 2.05) is 6.92 Å². The molecule has 0 saturated carbocycles. The van der Waals surface area contributed by atoms with E-state index >= 15 is 0 Å². The predicted octanol–water partition coefficient (Wildman–Crippen LogP) is 4.36. The van der Waals surface area contributed by atoms with Gasteiger partial charge in [-0.15, -0.1) is 0 Å². The minimum atomic E-state index is -0.964. The van der Waals surface area contributed by atoms with Gasteiger partial charge in [-0.05, 0) is 19.4 Å². The lowest BCUT2D eigenvalue weighted by molar-refractivity contribution is -0.121. The predicted molar refractivity (Wildman–Crippen MR) is 91.8 cm³/mol. The van der Waals surface area contributed by atoms with Crippen LogP contribution in [-0.2, 0) is 16.1 Å². The van der Waals surface area contributed by atoms with E-state index in [2.05, 4.69) is 14.0 Å². The SMILES string of the molecule is CCC(C)(C(=O)Nc1c(Cl)cc(Cl)c2c1N=S=N2)C(N)=S. The summed E-state index contributed by atoms with van der Waals surface area (Å²) in [6.07, 6.45) is 0.470. The first kappa shape index (κ1) is 16.4. The van der Waals surface area contributed by atoms with Crippen LogP contribution in [-0.4, -0.2) is 10.9 Å². The molecule has 0 aromatic heterocycles. The highest BCUT2D eigenvalue weighted by molar-refractivity contribution is 7.80. The first-order valence-corrected chi connectivity index (χ1v) is 7.92. The summed E-state index contributed by atoms with van der Waals surface area (Å²) >= 11 is 18.2. The molecule has 0 spiro atoms. The number of nitrogens with one attached hydrogen (secondary N) is 1. The van der Waals surface area contributed by atoms with E-state index in [1.54, 1.807) is 6.92 Å². The molecule has 21 heavy (non-hydrogen) atoms. The second-order valence-electron chi connectivity index (χ2n) is 4.68. The van der Waals surface area contributed by atoms with Crippen molar-refractivity contribution >= 4 is 74.7 Å². The molecule has 0 fully saturated rings. The molecular weight excluding hydrogens is 351 g/mol. The number of benzene rings is 1. The van der Waals surface area contributed by atoms with Crippen molar-refractivity contribution in [2.45, 2.75) is 20.3 Å². The first-order valence-electron chi connectivity index (χ1n) is 6.03. The average Bonchev–Trinajstić information content (AvgIpc) is 2.91. The van der Waals surface area contributed by atoms with Crippen molar-refractivity contribution in [3.63, 3.8) is 0 Å². The van der Waals surface area contributed by atoms with Crippen molar-refractivity contribution < 1.29 is 4.79 Å². The zero-order chi connectivity index (χ0) is 15.8. The van der Waals surface area contributed by atoms with E-state index in [4.69, 9.17) is 41.2 Å². The highest BCUT2D eigenvalue weighted by Crippen LogP contribution is 2.48. The molecule has 1 heterocycles. The van der Waals surface area contributed by atoms with Crippen LogP contribution in [0, 0.1) is 5.41 Å². The number of hydrogen-bond donors (Lipinski definition) is 2. The van der Waals surface area contributed by atoms with Gasteiger partial charge in [0.05, 0.1) is 37.5 Å². The largest absolute Gasteiger partial charge is 0.392 e. The number of carbonyl (C=O) groups is 1. The minimum absolute atomic E-state index is 0.125. The fourth-order valence-corrected chi connectivity index (χ4v) is 3.09. The molecule has 3 N–H and O–H groups in total. The summed E-state index contributed by atoms with van der Waals surface area (Å²) in [5, 5.41) is 3.42. The fraction of sp³-hybridized carbons (Fsp3) is 0.333. The third-order valence-electron chi connectivity index (χ3n) is 3.43. The monoisotopic (exact) mass is 362 g/mol. The molecule has 1 unspecified atom stereocenters. The van der Waals surface area contributed by atoms with E-state index in [1.165, 1.54) is 6.07 Å². The van der Waals surface area contributed by atoms with E-state index in [-0.39, 0.29) is 15.9 Å². The van der Waals surface area contributed by atoms with Gasteiger partial charge in [-0.2, -0.15) is 8.73 Å². The lowest BCUT2D eigenvalue weighted by Crippen LogP contribution is -2.43. The molecule has 0 saturated heterocycles. The number of carbonyl (C=O) groups excluding carboxylic acids is 1. The topological polar surface area (TPSA) is 79.8 Å². The molecule has 1 amide bonds. The first-order chi connectivity index (χ1) is 9.81. The molecule has 2 rings (SSSR count). The molecule has 112 valence electrons. The van der Waals surface area contributed by atoms with Crippen molar-refractivity contribution in [2.24, 2.45) is 19.9 Å². The number of nitrogens with two attached hydrogens (primary N) is 1. The van der Waals surface area contributed by atoms with Crippen LogP contribution in [0.1, 0.15) is 20.3 Å². The maximum absolute atomic E-state index is 12.5. The van der Waals surface area contributed by atoms with Gasteiger partial charge in [0.1, 0.15) is 11.4 Å². The van der Waals surface area contributed by atoms with Gasteiger partial charge < -0.3 is 11.1 Å². The normalized spacial score (nSPS) is 15.0. The van der Waals surface area contributed by atoms with Gasteiger partial charge >= 0.3 is 0 Å². The van der Waals surface area contributed by atoms with Crippen LogP contribution >= 0.6 is 35.4 Å². The minimum Gasteiger partial charge on any atom is -0.392 e. The second-order valence-corrected chi connectivity index (χ2v) is 6.46. The quantitative estimate of drug-likeness (QED) is 0.792. The van der Waals surface area contributed by atoms with E-state index in [0.717, 1.165) is 11.4 Å². The molecule has 0 aliphatic carbocycles. The van der Waals surface area contributed by atoms with E-state index in [9.17, 15) is 4.79 Å². The zero-order valence-corrected chi connectivity index (χ0v) is 14.4. The Labute approximate surface area is 141 Å². The third-order valence-corrected chi connectivity index (χ3v) is 5.00. The fourth-order valence-electron chi connectivity index (χ4n) is 1.69. The van der Waals surface area contributed by atoms with Crippen LogP contribution in [0.3, 0.4) is 0 Å². The smallest absolute Gasteiger partial charge is 0.237 e. The third kappa shape index (κ3) is 2.83. The van der Waals surface area contributed by atoms with Gasteiger partial charge in [0.15, 0.2) is 0 Å². The molecule has 0 bridgehead atoms. The van der Waals surface area contributed by atoms with Crippen molar-refractivity contribution in [3.8, 4) is 0 Å². The number of thiocarbonyl (C=S) groups is 1. The number of rotatable bonds is 4. The van der Waals surface area contributed by atoms with Crippen molar-refractivity contribution in [3.05, 3.63) is 16.1 Å². The number of hydrogen-bond acceptors (Lipinski definition) is 4. The molecular formula is C12H12Cl2N4OS2. The number of fused-ring (bicyclic) bond motifs is 1. The number of nitrogens with zero attached hydrogens (tertiary/aromatic N) is 2. The van der Waals surface area contributed by atoms with Crippen LogP contribution in [0.2, 0.25) is 10.0 Å². The van der Waals surface area contributed by atoms with Crippen molar-refractivity contribution in [2.75, 3.05) is 5.32 Å². The summed E-state index contributed by atoms with van der Waals surface area (Å²) in [5.41, 5.74) is 6.03. The van der Waals surface area contributed by atoms with E-state index < -0.39 is 5.41 Å². The molecule has 1 aromatic carbocycles. The average molecular weight is 363 g/mol. The maximum atomic E-state index is 12.5. The summed E-state index contributed by atoms with van der Waals surface area (Å²) in [4.78, 5) is 12.6. The van der Waals surface area contributed by atoms with Crippen LogP contribution in [0.15, 0.2) is 14.8 Å². The molecule has 9 heteroatoms. The molecule has 1 aromatic rings. The molecule has 1 aliphatic rings. The van der Waals surface area contributed by atoms with Gasteiger partial charge in [-0.1, -0.05) is 42.3 Å². The molecule has 1 atom stereocenters. The summed E-state index contributed by atoms with van der Waals surface area (Å²) in [5.74, 6) is -0.337. The highest BCUT2D eigenvalue weighted by Gasteiger charge is 2.35. The second kappa shape index (κ2) is 6.00. The van der Waals surface area contributed by atoms with Gasteiger partial charge in [0.2, 0.25) is 5.91 Å². The highest BCUT2D eigenvalue weighted by atomic mass is 35.5. The Morgan fingerprint density at radius 2 is 2.05 bits per heavy atom. The van der Waals surface area contributed by atoms with Crippen LogP contribution in [0.25, 0.3) is 0 Å². The number of halogens is 2. The molecule has 1 aliphatic heterocycles. The van der Waals surface area contributed by atoms with Gasteiger partial charge in [-0.3, -0.25) is 4.79 Å². The van der Waals surface area contributed by atoms with Crippen molar-refractivity contribution in [1.82, 2.24) is 0 Å². The Bertz CT molecular complexity index is 716. The Balaban J connectivity index is 2.42. The van der Waals surface area contributed by atoms with Crippen LogP contribution < -0.4 is 11.1 Å². The summed E-state index contributed by atoms with van der Waals surface area (Å²) in [6, 6.07) is 1.52.